The fourth-order valence-corrected chi connectivity index (χ4v) is 0.889. The van der Waals surface area contributed by atoms with Gasteiger partial charge in [-0.3, -0.25) is 9.59 Å². The van der Waals surface area contributed by atoms with Crippen molar-refractivity contribution < 1.29 is 9.59 Å². The summed E-state index contributed by atoms with van der Waals surface area (Å²) >= 11 is 0. The molecule has 0 fully saturated rings. The molecule has 1 unspecified atom stereocenters. The summed E-state index contributed by atoms with van der Waals surface area (Å²) in [7, 11) is 0. The van der Waals surface area contributed by atoms with Crippen molar-refractivity contribution in [3.05, 3.63) is 0 Å². The van der Waals surface area contributed by atoms with E-state index >= 15 is 0 Å². The van der Waals surface area contributed by atoms with E-state index in [4.69, 9.17) is 5.73 Å². The Hall–Kier alpha value is -1.06. The van der Waals surface area contributed by atoms with Crippen molar-refractivity contribution in [2.75, 3.05) is 0 Å². The molecule has 13 heavy (non-hydrogen) atoms. The van der Waals surface area contributed by atoms with Crippen LogP contribution in [0, 0.1) is 11.8 Å². The second-order valence-corrected chi connectivity index (χ2v) is 3.64. The average molecular weight is 186 g/mol. The molecular formula is C9H18N2O2. The quantitative estimate of drug-likeness (QED) is 0.661. The minimum atomic E-state index is -0.439. The van der Waals surface area contributed by atoms with Crippen LogP contribution in [0.15, 0.2) is 0 Å². The molecule has 0 spiro atoms. The molecule has 0 radical (unpaired) electrons. The molecule has 0 heterocycles. The maximum atomic E-state index is 11.4. The highest BCUT2D eigenvalue weighted by atomic mass is 16.2. The first-order valence-electron chi connectivity index (χ1n) is 4.46. The molecular weight excluding hydrogens is 168 g/mol. The maximum Gasteiger partial charge on any atom is 0.223 e. The highest BCUT2D eigenvalue weighted by molar-refractivity contribution is 5.86. The Morgan fingerprint density at radius 3 is 1.85 bits per heavy atom. The van der Waals surface area contributed by atoms with Gasteiger partial charge in [0.2, 0.25) is 11.8 Å². The highest BCUT2D eigenvalue weighted by Crippen LogP contribution is 2.10. The van der Waals surface area contributed by atoms with Crippen molar-refractivity contribution in [3.63, 3.8) is 0 Å². The Morgan fingerprint density at radius 1 is 1.08 bits per heavy atom. The Bertz CT molecular complexity index is 202. The molecule has 0 aromatic heterocycles. The number of carbonyl (C=O) groups is 2. The lowest BCUT2D eigenvalue weighted by atomic mass is 9.94. The van der Waals surface area contributed by atoms with Gasteiger partial charge in [0, 0.05) is 17.9 Å². The summed E-state index contributed by atoms with van der Waals surface area (Å²) in [6.45, 7) is 7.11. The van der Waals surface area contributed by atoms with Crippen LogP contribution < -0.4 is 11.1 Å². The second-order valence-electron chi connectivity index (χ2n) is 3.64. The molecule has 0 saturated heterocycles. The van der Waals surface area contributed by atoms with Gasteiger partial charge in [0.25, 0.3) is 0 Å². The summed E-state index contributed by atoms with van der Waals surface area (Å²) in [5, 5.41) is 2.73. The molecule has 4 nitrogen and oxygen atoms in total. The summed E-state index contributed by atoms with van der Waals surface area (Å²) in [6.07, 6.45) is 0. The van der Waals surface area contributed by atoms with Crippen LogP contribution in [0.4, 0.5) is 0 Å². The van der Waals surface area contributed by atoms with Gasteiger partial charge in [0.1, 0.15) is 0 Å². The van der Waals surface area contributed by atoms with E-state index in [9.17, 15) is 9.59 Å². The Kier molecular flexibility index (Phi) is 4.45. The molecule has 0 aliphatic heterocycles. The summed E-state index contributed by atoms with van der Waals surface area (Å²) in [4.78, 5) is 22.2. The smallest absolute Gasteiger partial charge is 0.223 e. The van der Waals surface area contributed by atoms with Crippen molar-refractivity contribution in [3.8, 4) is 0 Å². The first kappa shape index (κ1) is 11.9. The molecule has 0 bridgehead atoms. The fraction of sp³-hybridized carbons (Fsp3) is 0.778. The van der Waals surface area contributed by atoms with Gasteiger partial charge in [-0.25, -0.2) is 0 Å². The number of primary amides is 1. The molecule has 0 aromatic rings. The molecule has 76 valence electrons. The largest absolute Gasteiger partial charge is 0.369 e. The van der Waals surface area contributed by atoms with Gasteiger partial charge in [-0.05, 0) is 13.8 Å². The molecule has 0 rings (SSSR count). The van der Waals surface area contributed by atoms with Crippen LogP contribution in [0.3, 0.4) is 0 Å². The number of nitrogens with one attached hydrogen (secondary N) is 1. The molecule has 2 atom stereocenters. The van der Waals surface area contributed by atoms with Crippen LogP contribution in [0.5, 0.6) is 0 Å². The lowest BCUT2D eigenvalue weighted by Gasteiger charge is -2.18. The molecule has 4 heteroatoms. The molecule has 0 aliphatic carbocycles. The van der Waals surface area contributed by atoms with E-state index in [0.717, 1.165) is 0 Å². The predicted molar refractivity (Wildman–Crippen MR) is 50.8 cm³/mol. The lowest BCUT2D eigenvalue weighted by molar-refractivity contribution is -0.132. The average Bonchev–Trinajstić information content (AvgIpc) is 2.00. The fourth-order valence-electron chi connectivity index (χ4n) is 0.889. The zero-order valence-corrected chi connectivity index (χ0v) is 8.63. The topological polar surface area (TPSA) is 72.2 Å². The number of carbonyl (C=O) groups excluding carboxylic acids is 2. The third-order valence-electron chi connectivity index (χ3n) is 2.04. The van der Waals surface area contributed by atoms with E-state index in [1.165, 1.54) is 0 Å². The van der Waals surface area contributed by atoms with Crippen LogP contribution in [-0.4, -0.2) is 17.9 Å². The van der Waals surface area contributed by atoms with Gasteiger partial charge in [-0.2, -0.15) is 0 Å². The minimum absolute atomic E-state index is 0.0926. The van der Waals surface area contributed by atoms with Crippen LogP contribution in [0.25, 0.3) is 0 Å². The zero-order chi connectivity index (χ0) is 10.6. The summed E-state index contributed by atoms with van der Waals surface area (Å²) in [6, 6.07) is 0.0926. The van der Waals surface area contributed by atoms with E-state index in [-0.39, 0.29) is 17.9 Å². The van der Waals surface area contributed by atoms with Crippen LogP contribution in [0.2, 0.25) is 0 Å². The SMILES string of the molecule is CC(C)NC(=O)[C@@H](C)C(C)C(N)=O. The van der Waals surface area contributed by atoms with Crippen molar-refractivity contribution in [2.45, 2.75) is 33.7 Å². The van der Waals surface area contributed by atoms with E-state index in [1.807, 2.05) is 13.8 Å². The monoisotopic (exact) mass is 186 g/mol. The standard InChI is InChI=1S/C9H18N2O2/c1-5(2)11-9(13)7(4)6(3)8(10)12/h5-7H,1-4H3,(H2,10,12)(H,11,13)/t6?,7-/m0/s1. The molecule has 3 N–H and O–H groups in total. The summed E-state index contributed by atoms with van der Waals surface area (Å²) in [5.41, 5.74) is 5.09. The number of amides is 2. The first-order chi connectivity index (χ1) is 5.86. The van der Waals surface area contributed by atoms with Crippen molar-refractivity contribution in [2.24, 2.45) is 17.6 Å². The van der Waals surface area contributed by atoms with Crippen LogP contribution >= 0.6 is 0 Å². The van der Waals surface area contributed by atoms with Crippen molar-refractivity contribution in [1.29, 1.82) is 0 Å². The predicted octanol–water partition coefficient (Wildman–Crippen LogP) is 0.269. The zero-order valence-electron chi connectivity index (χ0n) is 8.63. The van der Waals surface area contributed by atoms with Crippen LogP contribution in [0.1, 0.15) is 27.7 Å². The van der Waals surface area contributed by atoms with Gasteiger partial charge in [0.05, 0.1) is 0 Å². The van der Waals surface area contributed by atoms with Crippen molar-refractivity contribution in [1.82, 2.24) is 5.32 Å². The lowest BCUT2D eigenvalue weighted by Crippen LogP contribution is -2.40. The van der Waals surface area contributed by atoms with Gasteiger partial charge in [-0.15, -0.1) is 0 Å². The normalized spacial score (nSPS) is 15.2. The molecule has 0 saturated carbocycles. The van der Waals surface area contributed by atoms with Crippen LogP contribution in [-0.2, 0) is 9.59 Å². The van der Waals surface area contributed by atoms with E-state index in [2.05, 4.69) is 5.32 Å². The van der Waals surface area contributed by atoms with Gasteiger partial charge >= 0.3 is 0 Å². The molecule has 0 aromatic carbocycles. The number of hydrogen-bond donors (Lipinski definition) is 2. The third kappa shape index (κ3) is 3.92. The minimum Gasteiger partial charge on any atom is -0.369 e. The molecule has 0 aliphatic rings. The second kappa shape index (κ2) is 4.84. The number of hydrogen-bond acceptors (Lipinski definition) is 2. The van der Waals surface area contributed by atoms with E-state index in [1.54, 1.807) is 13.8 Å². The summed E-state index contributed by atoms with van der Waals surface area (Å²) in [5.74, 6) is -1.34. The van der Waals surface area contributed by atoms with E-state index in [0.29, 0.717) is 0 Å². The van der Waals surface area contributed by atoms with Gasteiger partial charge in [0.15, 0.2) is 0 Å². The molecule has 2 amide bonds. The number of rotatable bonds is 4. The summed E-state index contributed by atoms with van der Waals surface area (Å²) < 4.78 is 0. The third-order valence-corrected chi connectivity index (χ3v) is 2.04. The Balaban J connectivity index is 4.17. The highest BCUT2D eigenvalue weighted by Gasteiger charge is 2.24. The number of nitrogens with two attached hydrogens (primary N) is 1. The van der Waals surface area contributed by atoms with E-state index < -0.39 is 11.8 Å². The maximum absolute atomic E-state index is 11.4. The Morgan fingerprint density at radius 2 is 1.54 bits per heavy atom. The van der Waals surface area contributed by atoms with Gasteiger partial charge in [-0.1, -0.05) is 13.8 Å². The Labute approximate surface area is 78.9 Å². The first-order valence-corrected chi connectivity index (χ1v) is 4.46. The van der Waals surface area contributed by atoms with Gasteiger partial charge < -0.3 is 11.1 Å². The van der Waals surface area contributed by atoms with Crippen molar-refractivity contribution >= 4 is 11.8 Å².